The average Bonchev–Trinajstić information content (AvgIpc) is 3.32. The largest absolute Gasteiger partial charge is 0.428 e. The topological polar surface area (TPSA) is 61.8 Å². The fourth-order valence-corrected chi connectivity index (χ4v) is 4.74. The second-order valence-corrected chi connectivity index (χ2v) is 9.76. The van der Waals surface area contributed by atoms with Gasteiger partial charge in [-0.3, -0.25) is 15.1 Å². The SMILES string of the molecule is O=C(N1CC(F)(c2ccc(C3=CC(c4cc(Cl)cc(Cl)c4)(C(F)(F)F)ON3)cc2)C1)C1(O)CC1. The summed E-state index contributed by atoms with van der Waals surface area (Å²) in [6.07, 6.45) is -3.20. The molecule has 0 radical (unpaired) electrons. The van der Waals surface area contributed by atoms with Crippen LogP contribution in [0.5, 0.6) is 0 Å². The molecule has 1 amide bonds. The quantitative estimate of drug-likeness (QED) is 0.569. The molecule has 2 fully saturated rings. The van der Waals surface area contributed by atoms with Gasteiger partial charge >= 0.3 is 6.18 Å². The second-order valence-electron chi connectivity index (χ2n) is 8.89. The van der Waals surface area contributed by atoms with Gasteiger partial charge in [0.05, 0.1) is 18.8 Å². The van der Waals surface area contributed by atoms with E-state index in [2.05, 4.69) is 5.48 Å². The number of carbonyl (C=O) groups excluding carboxylic acids is 1. The van der Waals surface area contributed by atoms with Crippen molar-refractivity contribution < 1.29 is 32.3 Å². The van der Waals surface area contributed by atoms with Crippen molar-refractivity contribution in [3.05, 3.63) is 75.3 Å². The zero-order valence-corrected chi connectivity index (χ0v) is 18.9. The molecule has 0 spiro atoms. The summed E-state index contributed by atoms with van der Waals surface area (Å²) in [6.45, 7) is -0.380. The Balaban J connectivity index is 1.39. The Hall–Kier alpha value is -2.33. The predicted octanol–water partition coefficient (Wildman–Crippen LogP) is 4.86. The number of benzene rings is 2. The molecular formula is C23H18Cl2F4N2O3. The van der Waals surface area contributed by atoms with Crippen LogP contribution in [0.15, 0.2) is 48.5 Å². The molecule has 3 aliphatic rings. The molecule has 2 aromatic rings. The van der Waals surface area contributed by atoms with E-state index in [-0.39, 0.29) is 40.0 Å². The molecule has 0 bridgehead atoms. The molecule has 180 valence electrons. The molecule has 2 aromatic carbocycles. The van der Waals surface area contributed by atoms with E-state index in [0.717, 1.165) is 18.2 Å². The summed E-state index contributed by atoms with van der Waals surface area (Å²) in [7, 11) is 0. The van der Waals surface area contributed by atoms with E-state index in [1.54, 1.807) is 0 Å². The number of halogens is 6. The zero-order chi connectivity index (χ0) is 24.5. The van der Waals surface area contributed by atoms with Crippen LogP contribution in [0, 0.1) is 0 Å². The average molecular weight is 517 g/mol. The normalized spacial score (nSPS) is 24.8. The van der Waals surface area contributed by atoms with Crippen molar-refractivity contribution in [3.8, 4) is 0 Å². The van der Waals surface area contributed by atoms with Crippen molar-refractivity contribution in [3.63, 3.8) is 0 Å². The van der Waals surface area contributed by atoms with E-state index in [0.29, 0.717) is 18.4 Å². The molecule has 11 heteroatoms. The number of alkyl halides is 4. The van der Waals surface area contributed by atoms with Gasteiger partial charge in [-0.2, -0.15) is 13.2 Å². The smallest absolute Gasteiger partial charge is 0.380 e. The molecule has 2 heterocycles. The number of nitrogens with one attached hydrogen (secondary N) is 1. The van der Waals surface area contributed by atoms with Gasteiger partial charge in [0.2, 0.25) is 5.60 Å². The maximum atomic E-state index is 15.2. The third kappa shape index (κ3) is 3.75. The Bertz CT molecular complexity index is 1170. The van der Waals surface area contributed by atoms with Crippen molar-refractivity contribution in [2.75, 3.05) is 13.1 Å². The first kappa shape index (κ1) is 23.4. The molecule has 5 rings (SSSR count). The first-order chi connectivity index (χ1) is 15.9. The highest BCUT2D eigenvalue weighted by molar-refractivity contribution is 6.34. The molecule has 2 N–H and O–H groups in total. The number of carbonyl (C=O) groups is 1. The van der Waals surface area contributed by atoms with Gasteiger partial charge < -0.3 is 10.0 Å². The summed E-state index contributed by atoms with van der Waals surface area (Å²) in [6, 6.07) is 9.41. The van der Waals surface area contributed by atoms with Crippen LogP contribution >= 0.6 is 23.2 Å². The van der Waals surface area contributed by atoms with Gasteiger partial charge in [0, 0.05) is 15.6 Å². The molecule has 0 aromatic heterocycles. The lowest BCUT2D eigenvalue weighted by molar-refractivity contribution is -0.269. The van der Waals surface area contributed by atoms with Crippen molar-refractivity contribution in [2.45, 2.75) is 35.9 Å². The molecule has 1 atom stereocenters. The van der Waals surface area contributed by atoms with Crippen molar-refractivity contribution >= 4 is 34.8 Å². The standard InChI is InChI=1S/C23H18Cl2F4N2O3/c24-16-7-15(8-17(25)9-16)22(23(27,28)29)10-18(30-34-22)13-1-3-14(4-2-13)20(26)11-31(12-20)19(32)21(33)5-6-21/h1-4,7-10,30,33H,5-6,11-12H2. The number of aliphatic hydroxyl groups is 1. The van der Waals surface area contributed by atoms with Gasteiger partial charge in [-0.05, 0) is 48.2 Å². The minimum absolute atomic E-state index is 0.0241. The third-order valence-electron chi connectivity index (χ3n) is 6.39. The summed E-state index contributed by atoms with van der Waals surface area (Å²) >= 11 is 11.8. The first-order valence-electron chi connectivity index (χ1n) is 10.4. The van der Waals surface area contributed by atoms with Crippen molar-refractivity contribution in [1.82, 2.24) is 10.4 Å². The van der Waals surface area contributed by atoms with Crippen LogP contribution in [-0.4, -0.2) is 40.8 Å². The van der Waals surface area contributed by atoms with Crippen LogP contribution in [0.1, 0.15) is 29.5 Å². The van der Waals surface area contributed by atoms with E-state index < -0.39 is 29.0 Å². The Morgan fingerprint density at radius 3 is 2.15 bits per heavy atom. The Morgan fingerprint density at radius 1 is 1.03 bits per heavy atom. The molecule has 1 unspecified atom stereocenters. The summed E-state index contributed by atoms with van der Waals surface area (Å²) < 4.78 is 57.6. The Labute approximate surface area is 201 Å². The maximum absolute atomic E-state index is 15.2. The number of likely N-dealkylation sites (tertiary alicyclic amines) is 1. The van der Waals surface area contributed by atoms with E-state index in [9.17, 15) is 23.1 Å². The fraction of sp³-hybridized carbons (Fsp3) is 0.348. The summed E-state index contributed by atoms with van der Waals surface area (Å²) in [5, 5.41) is 9.96. The van der Waals surface area contributed by atoms with Gasteiger partial charge in [0.1, 0.15) is 5.60 Å². The number of amides is 1. The van der Waals surface area contributed by atoms with Crippen LogP contribution in [0.4, 0.5) is 17.6 Å². The van der Waals surface area contributed by atoms with Crippen molar-refractivity contribution in [1.29, 1.82) is 0 Å². The summed E-state index contributed by atoms with van der Waals surface area (Å²) in [5.41, 5.74) is -3.29. The lowest BCUT2D eigenvalue weighted by Gasteiger charge is -2.45. The Kier molecular flexibility index (Phi) is 5.22. The number of hydrogen-bond donors (Lipinski definition) is 2. The van der Waals surface area contributed by atoms with Crippen LogP contribution in [0.3, 0.4) is 0 Å². The molecule has 1 saturated heterocycles. The third-order valence-corrected chi connectivity index (χ3v) is 6.82. The van der Waals surface area contributed by atoms with Gasteiger partial charge in [-0.25, -0.2) is 4.39 Å². The van der Waals surface area contributed by atoms with E-state index in [1.807, 2.05) is 0 Å². The van der Waals surface area contributed by atoms with Crippen LogP contribution in [0.2, 0.25) is 10.0 Å². The number of hydroxylamine groups is 1. The van der Waals surface area contributed by atoms with Gasteiger partial charge in [-0.15, -0.1) is 0 Å². The lowest BCUT2D eigenvalue weighted by Crippen LogP contribution is -2.61. The predicted molar refractivity (Wildman–Crippen MR) is 116 cm³/mol. The van der Waals surface area contributed by atoms with E-state index in [4.69, 9.17) is 28.0 Å². The molecule has 5 nitrogen and oxygen atoms in total. The fourth-order valence-electron chi connectivity index (χ4n) is 4.21. The maximum Gasteiger partial charge on any atom is 0.428 e. The minimum Gasteiger partial charge on any atom is -0.380 e. The monoisotopic (exact) mass is 516 g/mol. The Morgan fingerprint density at radius 2 is 1.62 bits per heavy atom. The highest BCUT2D eigenvalue weighted by Gasteiger charge is 2.60. The first-order valence-corrected chi connectivity index (χ1v) is 11.1. The molecule has 1 saturated carbocycles. The lowest BCUT2D eigenvalue weighted by atomic mass is 9.86. The summed E-state index contributed by atoms with van der Waals surface area (Å²) in [4.78, 5) is 18.4. The summed E-state index contributed by atoms with van der Waals surface area (Å²) in [5.74, 6) is -0.473. The zero-order valence-electron chi connectivity index (χ0n) is 17.4. The van der Waals surface area contributed by atoms with Crippen molar-refractivity contribution in [2.24, 2.45) is 0 Å². The van der Waals surface area contributed by atoms with Crippen LogP contribution in [0.25, 0.3) is 5.70 Å². The van der Waals surface area contributed by atoms with E-state index in [1.165, 1.54) is 35.2 Å². The van der Waals surface area contributed by atoms with Gasteiger partial charge in [0.15, 0.2) is 5.67 Å². The van der Waals surface area contributed by atoms with Crippen LogP contribution in [-0.2, 0) is 20.9 Å². The highest BCUT2D eigenvalue weighted by Crippen LogP contribution is 2.48. The molecule has 1 aliphatic carbocycles. The molecule has 34 heavy (non-hydrogen) atoms. The number of nitrogens with zero attached hydrogens (tertiary/aromatic N) is 1. The molecule has 2 aliphatic heterocycles. The number of hydrogen-bond acceptors (Lipinski definition) is 4. The minimum atomic E-state index is -4.84. The van der Waals surface area contributed by atoms with Gasteiger partial charge in [0.25, 0.3) is 5.91 Å². The van der Waals surface area contributed by atoms with E-state index >= 15 is 4.39 Å². The number of rotatable bonds is 4. The highest BCUT2D eigenvalue weighted by atomic mass is 35.5. The molecular weight excluding hydrogens is 499 g/mol. The second kappa shape index (κ2) is 7.58. The van der Waals surface area contributed by atoms with Gasteiger partial charge in [-0.1, -0.05) is 47.5 Å². The van der Waals surface area contributed by atoms with Crippen LogP contribution < -0.4 is 5.48 Å².